The average molecular weight is 230 g/mol. The Morgan fingerprint density at radius 2 is 1.59 bits per heavy atom. The van der Waals surface area contributed by atoms with Crippen LogP contribution in [0.3, 0.4) is 0 Å². The van der Waals surface area contributed by atoms with Crippen LogP contribution >= 0.6 is 0 Å². The van der Waals surface area contributed by atoms with E-state index >= 15 is 0 Å². The molecule has 2 aromatic carbocycles. The molecule has 0 aliphatic heterocycles. The molecule has 0 spiro atoms. The number of nitrogens with one attached hydrogen (secondary N) is 1. The van der Waals surface area contributed by atoms with Gasteiger partial charge >= 0.3 is 0 Å². The van der Waals surface area contributed by atoms with E-state index in [0.717, 1.165) is 11.1 Å². The summed E-state index contributed by atoms with van der Waals surface area (Å²) < 4.78 is 13.4. The molecule has 2 nitrogen and oxygen atoms in total. The minimum atomic E-state index is -0.238. The van der Waals surface area contributed by atoms with Crippen LogP contribution in [0.1, 0.15) is 11.1 Å². The SMILES string of the molecule is NCc1ccccc1CNc1ccccc1F. The molecule has 0 aliphatic carbocycles. The highest BCUT2D eigenvalue weighted by molar-refractivity contribution is 5.45. The lowest BCUT2D eigenvalue weighted by Crippen LogP contribution is -2.06. The van der Waals surface area contributed by atoms with Crippen molar-refractivity contribution in [3.63, 3.8) is 0 Å². The molecule has 17 heavy (non-hydrogen) atoms. The normalized spacial score (nSPS) is 10.2. The third-order valence-corrected chi connectivity index (χ3v) is 2.68. The smallest absolute Gasteiger partial charge is 0.146 e. The van der Waals surface area contributed by atoms with Gasteiger partial charge in [-0.1, -0.05) is 36.4 Å². The lowest BCUT2D eigenvalue weighted by atomic mass is 10.1. The van der Waals surface area contributed by atoms with Gasteiger partial charge in [-0.2, -0.15) is 0 Å². The highest BCUT2D eigenvalue weighted by atomic mass is 19.1. The molecule has 2 aromatic rings. The standard InChI is InChI=1S/C14H15FN2/c15-13-7-3-4-8-14(13)17-10-12-6-2-1-5-11(12)9-16/h1-8,17H,9-10,16H2. The van der Waals surface area contributed by atoms with Crippen molar-refractivity contribution in [3.8, 4) is 0 Å². The zero-order chi connectivity index (χ0) is 12.1. The third-order valence-electron chi connectivity index (χ3n) is 2.68. The predicted octanol–water partition coefficient (Wildman–Crippen LogP) is 2.90. The maximum atomic E-state index is 13.4. The first kappa shape index (κ1) is 11.6. The van der Waals surface area contributed by atoms with Gasteiger partial charge in [-0.05, 0) is 23.3 Å². The molecule has 2 rings (SSSR count). The second kappa shape index (κ2) is 5.46. The monoisotopic (exact) mass is 230 g/mol. The third kappa shape index (κ3) is 2.82. The Bertz CT molecular complexity index is 497. The highest BCUT2D eigenvalue weighted by Crippen LogP contribution is 2.15. The number of halogens is 1. The van der Waals surface area contributed by atoms with Gasteiger partial charge in [0.15, 0.2) is 0 Å². The maximum absolute atomic E-state index is 13.4. The number of nitrogens with two attached hydrogens (primary N) is 1. The molecule has 0 heterocycles. The molecule has 0 unspecified atom stereocenters. The molecule has 88 valence electrons. The van der Waals surface area contributed by atoms with Crippen molar-refractivity contribution in [2.45, 2.75) is 13.1 Å². The zero-order valence-electron chi connectivity index (χ0n) is 9.49. The van der Waals surface area contributed by atoms with Crippen molar-refractivity contribution >= 4 is 5.69 Å². The van der Waals surface area contributed by atoms with Crippen LogP contribution in [0.4, 0.5) is 10.1 Å². The quantitative estimate of drug-likeness (QED) is 0.847. The van der Waals surface area contributed by atoms with E-state index in [4.69, 9.17) is 5.73 Å². The van der Waals surface area contributed by atoms with Crippen LogP contribution in [0.15, 0.2) is 48.5 Å². The fourth-order valence-electron chi connectivity index (χ4n) is 1.72. The molecule has 0 saturated heterocycles. The van der Waals surface area contributed by atoms with Gasteiger partial charge in [0.05, 0.1) is 5.69 Å². The summed E-state index contributed by atoms with van der Waals surface area (Å²) in [5.41, 5.74) is 8.34. The minimum absolute atomic E-state index is 0.238. The molecule has 0 bridgehead atoms. The molecule has 3 heteroatoms. The number of benzene rings is 2. The van der Waals surface area contributed by atoms with E-state index in [1.54, 1.807) is 18.2 Å². The van der Waals surface area contributed by atoms with Crippen LogP contribution < -0.4 is 11.1 Å². The van der Waals surface area contributed by atoms with Crippen molar-refractivity contribution in [1.29, 1.82) is 0 Å². The van der Waals surface area contributed by atoms with E-state index in [1.807, 2.05) is 24.3 Å². The van der Waals surface area contributed by atoms with Gasteiger partial charge in [-0.25, -0.2) is 4.39 Å². The fourth-order valence-corrected chi connectivity index (χ4v) is 1.72. The summed E-state index contributed by atoms with van der Waals surface area (Å²) in [6, 6.07) is 14.5. The Morgan fingerprint density at radius 3 is 2.29 bits per heavy atom. The second-order valence-corrected chi connectivity index (χ2v) is 3.81. The molecular weight excluding hydrogens is 215 g/mol. The summed E-state index contributed by atoms with van der Waals surface area (Å²) in [5.74, 6) is -0.238. The molecule has 0 amide bonds. The fraction of sp³-hybridized carbons (Fsp3) is 0.143. The van der Waals surface area contributed by atoms with Crippen molar-refractivity contribution < 1.29 is 4.39 Å². The van der Waals surface area contributed by atoms with Crippen molar-refractivity contribution in [2.75, 3.05) is 5.32 Å². The number of anilines is 1. The topological polar surface area (TPSA) is 38.0 Å². The van der Waals surface area contributed by atoms with Gasteiger partial charge in [-0.15, -0.1) is 0 Å². The molecule has 0 radical (unpaired) electrons. The number of rotatable bonds is 4. The molecule has 0 aromatic heterocycles. The van der Waals surface area contributed by atoms with Gasteiger partial charge < -0.3 is 11.1 Å². The summed E-state index contributed by atoms with van der Waals surface area (Å²) in [4.78, 5) is 0. The van der Waals surface area contributed by atoms with Crippen LogP contribution in [0, 0.1) is 5.82 Å². The summed E-state index contributed by atoms with van der Waals surface area (Å²) in [6.07, 6.45) is 0. The molecule has 0 fully saturated rings. The molecule has 0 saturated carbocycles. The van der Waals surface area contributed by atoms with E-state index in [2.05, 4.69) is 5.32 Å². The Kier molecular flexibility index (Phi) is 3.73. The number of hydrogen-bond acceptors (Lipinski definition) is 2. The van der Waals surface area contributed by atoms with Gasteiger partial charge in [0.2, 0.25) is 0 Å². The maximum Gasteiger partial charge on any atom is 0.146 e. The zero-order valence-corrected chi connectivity index (χ0v) is 9.49. The van der Waals surface area contributed by atoms with E-state index in [1.165, 1.54) is 6.07 Å². The van der Waals surface area contributed by atoms with Gasteiger partial charge in [0, 0.05) is 13.1 Å². The van der Waals surface area contributed by atoms with E-state index < -0.39 is 0 Å². The predicted molar refractivity (Wildman–Crippen MR) is 68.1 cm³/mol. The van der Waals surface area contributed by atoms with Crippen LogP contribution in [0.2, 0.25) is 0 Å². The number of hydrogen-bond donors (Lipinski definition) is 2. The van der Waals surface area contributed by atoms with E-state index in [0.29, 0.717) is 18.8 Å². The number of para-hydroxylation sites is 1. The van der Waals surface area contributed by atoms with Gasteiger partial charge in [-0.3, -0.25) is 0 Å². The van der Waals surface area contributed by atoms with E-state index in [-0.39, 0.29) is 5.82 Å². The summed E-state index contributed by atoms with van der Waals surface area (Å²) >= 11 is 0. The first-order valence-corrected chi connectivity index (χ1v) is 5.56. The molecular formula is C14H15FN2. The van der Waals surface area contributed by atoms with E-state index in [9.17, 15) is 4.39 Å². The van der Waals surface area contributed by atoms with Crippen LogP contribution in [0.25, 0.3) is 0 Å². The second-order valence-electron chi connectivity index (χ2n) is 3.81. The lowest BCUT2D eigenvalue weighted by Gasteiger charge is -2.10. The largest absolute Gasteiger partial charge is 0.379 e. The summed E-state index contributed by atoms with van der Waals surface area (Å²) in [6.45, 7) is 1.07. The Hall–Kier alpha value is -1.87. The Balaban J connectivity index is 2.10. The van der Waals surface area contributed by atoms with Gasteiger partial charge in [0.25, 0.3) is 0 Å². The van der Waals surface area contributed by atoms with Crippen molar-refractivity contribution in [1.82, 2.24) is 0 Å². The van der Waals surface area contributed by atoms with Crippen molar-refractivity contribution in [2.24, 2.45) is 5.73 Å². The Labute approximate surface area is 100 Å². The van der Waals surface area contributed by atoms with Crippen LogP contribution in [-0.4, -0.2) is 0 Å². The first-order chi connectivity index (χ1) is 8.31. The minimum Gasteiger partial charge on any atom is -0.379 e. The van der Waals surface area contributed by atoms with Crippen molar-refractivity contribution in [3.05, 3.63) is 65.5 Å². The summed E-state index contributed by atoms with van der Waals surface area (Å²) in [5, 5.41) is 3.07. The molecule has 0 atom stereocenters. The van der Waals surface area contributed by atoms with Crippen LogP contribution in [-0.2, 0) is 13.1 Å². The molecule has 3 N–H and O–H groups in total. The first-order valence-electron chi connectivity index (χ1n) is 5.56. The van der Waals surface area contributed by atoms with Gasteiger partial charge in [0.1, 0.15) is 5.82 Å². The average Bonchev–Trinajstić information content (AvgIpc) is 2.38. The Morgan fingerprint density at radius 1 is 0.941 bits per heavy atom. The summed E-state index contributed by atoms with van der Waals surface area (Å²) in [7, 11) is 0. The molecule has 0 aliphatic rings. The van der Waals surface area contributed by atoms with Crippen LogP contribution in [0.5, 0.6) is 0 Å². The highest BCUT2D eigenvalue weighted by Gasteiger charge is 2.02. The lowest BCUT2D eigenvalue weighted by molar-refractivity contribution is 0.630.